The van der Waals surface area contributed by atoms with Crippen molar-refractivity contribution >= 4 is 23.5 Å². The summed E-state index contributed by atoms with van der Waals surface area (Å²) in [5.74, 6) is 1.53. The zero-order valence-corrected chi connectivity index (χ0v) is 29.6. The molecule has 0 saturated heterocycles. The topological polar surface area (TPSA) is 164 Å². The first kappa shape index (κ1) is 41.8. The molecule has 1 heterocycles. The lowest BCUT2D eigenvalue weighted by atomic mass is 10.1. The Labute approximate surface area is 292 Å². The van der Waals surface area contributed by atoms with E-state index in [0.29, 0.717) is 36.9 Å². The van der Waals surface area contributed by atoms with E-state index in [1.165, 1.54) is 29.6 Å². The Morgan fingerprint density at radius 1 is 0.833 bits per heavy atom. The van der Waals surface area contributed by atoms with Crippen molar-refractivity contribution in [3.8, 4) is 17.6 Å². The molecule has 1 aromatic carbocycles. The van der Waals surface area contributed by atoms with Gasteiger partial charge < -0.3 is 48.8 Å². The Kier molecular flexibility index (Phi) is 21.6. The van der Waals surface area contributed by atoms with Crippen LogP contribution in [0, 0.1) is 24.8 Å². The summed E-state index contributed by atoms with van der Waals surface area (Å²) in [6, 6.07) is 3.96. The minimum absolute atomic E-state index is 0.0773. The molecule has 1 aliphatic heterocycles. The second kappa shape index (κ2) is 24.7. The van der Waals surface area contributed by atoms with E-state index >= 15 is 0 Å². The van der Waals surface area contributed by atoms with Crippen LogP contribution in [0.3, 0.4) is 0 Å². The highest BCUT2D eigenvalue weighted by Gasteiger charge is 2.30. The first-order chi connectivity index (χ1) is 23.2. The van der Waals surface area contributed by atoms with Gasteiger partial charge in [-0.2, -0.15) is 0 Å². The second-order valence-electron chi connectivity index (χ2n) is 10.9. The van der Waals surface area contributed by atoms with Crippen molar-refractivity contribution in [2.24, 2.45) is 0 Å². The van der Waals surface area contributed by atoms with Crippen molar-refractivity contribution in [2.75, 3.05) is 39.6 Å². The highest BCUT2D eigenvalue weighted by molar-refractivity contribution is 8.24. The van der Waals surface area contributed by atoms with E-state index in [0.717, 1.165) is 65.4 Å². The van der Waals surface area contributed by atoms with E-state index < -0.39 is 25.2 Å². The molecule has 0 saturated carbocycles. The molecule has 0 amide bonds. The third-order valence-corrected chi connectivity index (χ3v) is 9.49. The molecule has 0 aliphatic carbocycles. The van der Waals surface area contributed by atoms with Crippen LogP contribution >= 0.6 is 23.5 Å². The Hall–Kier alpha value is -2.34. The van der Waals surface area contributed by atoms with Crippen LogP contribution in [0.25, 0.3) is 4.85 Å². The van der Waals surface area contributed by atoms with E-state index in [-0.39, 0.29) is 38.4 Å². The summed E-state index contributed by atoms with van der Waals surface area (Å²) in [5, 5.41) is 48.3. The summed E-state index contributed by atoms with van der Waals surface area (Å²) in [4.78, 5) is 5.18. The van der Waals surface area contributed by atoms with Gasteiger partial charge in [0.15, 0.2) is 25.2 Å². The number of aliphatic hydroxyl groups excluding tert-OH is 4. The number of rotatable bonds is 27. The maximum absolute atomic E-state index is 10.1. The highest BCUT2D eigenvalue weighted by atomic mass is 32.2. The largest absolute Gasteiger partial charge is 0.492 e. The Bertz CT molecular complexity index is 1200. The van der Waals surface area contributed by atoms with Crippen molar-refractivity contribution in [1.82, 2.24) is 0 Å². The van der Waals surface area contributed by atoms with Crippen LogP contribution in [0.15, 0.2) is 38.4 Å². The minimum Gasteiger partial charge on any atom is -0.492 e. The monoisotopic (exact) mass is 710 g/mol. The number of aliphatic hydroxyl groups is 4. The molecule has 0 radical (unpaired) electrons. The Morgan fingerprint density at radius 2 is 1.44 bits per heavy atom. The molecule has 1 aliphatic rings. The lowest BCUT2D eigenvalue weighted by Crippen LogP contribution is -2.21. The number of allylic oxidation sites excluding steroid dienone is 1. The fraction of sp³-hybridized carbons (Fsp3) is 0.647. The van der Waals surface area contributed by atoms with E-state index in [1.807, 2.05) is 26.0 Å². The molecule has 0 aromatic heterocycles. The number of nitrogens with zero attached hydrogens (tertiary/aromatic N) is 2. The van der Waals surface area contributed by atoms with Gasteiger partial charge in [-0.25, -0.2) is 10.1 Å². The summed E-state index contributed by atoms with van der Waals surface area (Å²) in [7, 11) is 0. The molecule has 4 unspecified atom stereocenters. The van der Waals surface area contributed by atoms with Gasteiger partial charge in [0.05, 0.1) is 66.3 Å². The van der Waals surface area contributed by atoms with Crippen LogP contribution in [0.1, 0.15) is 76.7 Å². The smallest absolute Gasteiger partial charge is 0.282 e. The van der Waals surface area contributed by atoms with Gasteiger partial charge in [0.2, 0.25) is 0 Å². The van der Waals surface area contributed by atoms with E-state index in [1.54, 1.807) is 0 Å². The molecular weight excluding hydrogens is 661 g/mol. The number of hydrogen-bond donors (Lipinski definition) is 4. The SMILES string of the molecule is [C-]#[N+]/C(C#N)=C1\Sc2c(OCCCCCCCC(O)OCCCOC(O)CCC(O)OCCOC(O)C=C)cc(C)c(OCCC)c2S1. The molecule has 0 bridgehead atoms. The van der Waals surface area contributed by atoms with Crippen molar-refractivity contribution in [1.29, 1.82) is 5.26 Å². The third-order valence-electron chi connectivity index (χ3n) is 6.90. The lowest BCUT2D eigenvalue weighted by Gasteiger charge is -2.16. The van der Waals surface area contributed by atoms with Crippen LogP contribution in [0.5, 0.6) is 11.5 Å². The number of aryl methyl sites for hydroxylation is 1. The molecule has 14 heteroatoms. The van der Waals surface area contributed by atoms with Gasteiger partial charge in [-0.3, -0.25) is 0 Å². The average molecular weight is 711 g/mol. The third kappa shape index (κ3) is 15.9. The number of unbranched alkanes of at least 4 members (excludes halogenated alkanes) is 4. The zero-order chi connectivity index (χ0) is 35.1. The normalized spacial score (nSPS) is 15.9. The van der Waals surface area contributed by atoms with Crippen LogP contribution < -0.4 is 9.47 Å². The van der Waals surface area contributed by atoms with Crippen molar-refractivity contribution in [3.05, 3.63) is 45.6 Å². The van der Waals surface area contributed by atoms with E-state index in [9.17, 15) is 25.7 Å². The fourth-order valence-corrected chi connectivity index (χ4v) is 6.98. The molecule has 12 nitrogen and oxygen atoms in total. The molecule has 1 aromatic rings. The minimum atomic E-state index is -1.08. The first-order valence-corrected chi connectivity index (χ1v) is 18.0. The van der Waals surface area contributed by atoms with Gasteiger partial charge in [-0.15, -0.1) is 0 Å². The lowest BCUT2D eigenvalue weighted by molar-refractivity contribution is -0.156. The van der Waals surface area contributed by atoms with Gasteiger partial charge >= 0.3 is 0 Å². The molecule has 48 heavy (non-hydrogen) atoms. The molecule has 268 valence electrons. The summed E-state index contributed by atoms with van der Waals surface area (Å²) in [5.41, 5.74) is 1.04. The molecule has 4 N–H and O–H groups in total. The molecule has 0 fully saturated rings. The van der Waals surface area contributed by atoms with Crippen LogP contribution in [0.2, 0.25) is 0 Å². The van der Waals surface area contributed by atoms with Crippen LogP contribution in [-0.4, -0.2) is 85.2 Å². The Morgan fingerprint density at radius 3 is 2.08 bits per heavy atom. The van der Waals surface area contributed by atoms with E-state index in [2.05, 4.69) is 11.4 Å². The van der Waals surface area contributed by atoms with E-state index in [4.69, 9.17) is 35.0 Å². The standard InChI is InChI=1S/C34H50N2O10S2/c1-5-16-46-31-24(3)22-26(32-33(31)48-34(47-32)25(23-35)36-4)41-17-11-9-7-8-10-13-28(38)42-18-12-19-43-29(39)14-15-30(40)45-21-20-44-27(37)6-2/h6,22,27-30,37-40H,2,5,7-21H2,1,3H3/b34-25+. The van der Waals surface area contributed by atoms with Crippen molar-refractivity contribution in [2.45, 2.75) is 113 Å². The summed E-state index contributed by atoms with van der Waals surface area (Å²) >= 11 is 2.80. The second-order valence-corrected chi connectivity index (χ2v) is 13.2. The number of hydrogen-bond acceptors (Lipinski definition) is 13. The van der Waals surface area contributed by atoms with Gasteiger partial charge in [0.25, 0.3) is 5.70 Å². The van der Waals surface area contributed by atoms with Crippen LogP contribution in [0.4, 0.5) is 0 Å². The number of thioether (sulfide) groups is 2. The molecule has 0 spiro atoms. The summed E-state index contributed by atoms with van der Waals surface area (Å²) in [6.07, 6.45) is 4.09. The van der Waals surface area contributed by atoms with Gasteiger partial charge in [0, 0.05) is 12.8 Å². The van der Waals surface area contributed by atoms with Gasteiger partial charge in [-0.1, -0.05) is 56.3 Å². The predicted octanol–water partition coefficient (Wildman–Crippen LogP) is 6.01. The fourth-order valence-electron chi connectivity index (χ4n) is 4.41. The average Bonchev–Trinajstić information content (AvgIpc) is 3.52. The Balaban J connectivity index is 1.55. The molecular formula is C34H50N2O10S2. The van der Waals surface area contributed by atoms with Crippen LogP contribution in [-0.2, 0) is 18.9 Å². The van der Waals surface area contributed by atoms with Gasteiger partial charge in [-0.05, 0) is 56.7 Å². The number of fused-ring (bicyclic) bond motifs is 1. The number of nitriles is 1. The summed E-state index contributed by atoms with van der Waals surface area (Å²) < 4.78 is 33.6. The predicted molar refractivity (Wildman–Crippen MR) is 183 cm³/mol. The number of benzene rings is 1. The van der Waals surface area contributed by atoms with Crippen molar-refractivity contribution < 1.29 is 48.8 Å². The first-order valence-electron chi connectivity index (χ1n) is 16.4. The zero-order valence-electron chi connectivity index (χ0n) is 27.9. The van der Waals surface area contributed by atoms with Gasteiger partial charge in [0.1, 0.15) is 11.5 Å². The molecule has 2 rings (SSSR count). The van der Waals surface area contributed by atoms with Crippen molar-refractivity contribution in [3.63, 3.8) is 0 Å². The maximum Gasteiger partial charge on any atom is 0.282 e. The number of ether oxygens (including phenoxy) is 6. The summed E-state index contributed by atoms with van der Waals surface area (Å²) in [6.45, 7) is 16.6. The molecule has 4 atom stereocenters. The maximum atomic E-state index is 10.1. The highest BCUT2D eigenvalue weighted by Crippen LogP contribution is 2.59. The quantitative estimate of drug-likeness (QED) is 0.0276.